The smallest absolute Gasteiger partial charge is 0.246 e. The Morgan fingerprint density at radius 2 is 1.96 bits per heavy atom. The number of nitrogens with two attached hydrogens (primary N) is 1. The van der Waals surface area contributed by atoms with Gasteiger partial charge in [0.05, 0.1) is 26.5 Å². The Morgan fingerprint density at radius 3 is 2.69 bits per heavy atom. The number of carbonyl (C=O) groups excluding carboxylic acids is 1. The lowest BCUT2D eigenvalue weighted by atomic mass is 10.1. The van der Waals surface area contributed by atoms with E-state index >= 15 is 0 Å². The Labute approximate surface area is 152 Å². The van der Waals surface area contributed by atoms with Crippen LogP contribution in [0.2, 0.25) is 0 Å². The average molecular weight is 357 g/mol. The van der Waals surface area contributed by atoms with Gasteiger partial charge in [-0.3, -0.25) is 4.79 Å². The third kappa shape index (κ3) is 3.46. The number of amides is 1. The highest BCUT2D eigenvalue weighted by atomic mass is 16.5. The van der Waals surface area contributed by atoms with Crippen molar-refractivity contribution < 1.29 is 19.0 Å². The van der Waals surface area contributed by atoms with E-state index in [1.165, 1.54) is 0 Å². The van der Waals surface area contributed by atoms with E-state index in [0.29, 0.717) is 41.8 Å². The second kappa shape index (κ2) is 7.43. The monoisotopic (exact) mass is 357 g/mol. The van der Waals surface area contributed by atoms with Crippen LogP contribution in [0.4, 0.5) is 17.1 Å². The van der Waals surface area contributed by atoms with Gasteiger partial charge < -0.3 is 30.2 Å². The molecule has 7 heteroatoms. The molecule has 0 aliphatic carbocycles. The Hall–Kier alpha value is -3.09. The summed E-state index contributed by atoms with van der Waals surface area (Å²) in [5.74, 6) is 1.74. The highest BCUT2D eigenvalue weighted by Crippen LogP contribution is 2.35. The van der Waals surface area contributed by atoms with Crippen LogP contribution < -0.4 is 30.2 Å². The Kier molecular flexibility index (Phi) is 5.06. The summed E-state index contributed by atoms with van der Waals surface area (Å²) in [5.41, 5.74) is 7.95. The summed E-state index contributed by atoms with van der Waals surface area (Å²) in [6, 6.07) is 10.3. The lowest BCUT2D eigenvalue weighted by molar-refractivity contribution is -0.117. The summed E-state index contributed by atoms with van der Waals surface area (Å²) in [4.78, 5) is 14.8. The zero-order chi connectivity index (χ0) is 18.7. The molecule has 7 nitrogen and oxygen atoms in total. The number of benzene rings is 2. The maximum atomic E-state index is 12.8. The fraction of sp³-hybridized carbons (Fsp3) is 0.316. The molecular weight excluding hydrogens is 334 g/mol. The number of rotatable bonds is 5. The highest BCUT2D eigenvalue weighted by molar-refractivity contribution is 5.97. The average Bonchev–Trinajstić information content (AvgIpc) is 2.66. The first-order valence-electron chi connectivity index (χ1n) is 8.35. The van der Waals surface area contributed by atoms with Gasteiger partial charge in [0.25, 0.3) is 0 Å². The first kappa shape index (κ1) is 17.7. The van der Waals surface area contributed by atoms with E-state index in [1.807, 2.05) is 17.9 Å². The minimum atomic E-state index is -0.380. The zero-order valence-corrected chi connectivity index (χ0v) is 15.1. The van der Waals surface area contributed by atoms with E-state index < -0.39 is 0 Å². The fourth-order valence-electron chi connectivity index (χ4n) is 2.96. The van der Waals surface area contributed by atoms with Crippen molar-refractivity contribution in [1.29, 1.82) is 0 Å². The Bertz CT molecular complexity index is 809. The van der Waals surface area contributed by atoms with Crippen molar-refractivity contribution in [3.8, 4) is 17.2 Å². The lowest BCUT2D eigenvalue weighted by Crippen LogP contribution is -2.46. The van der Waals surface area contributed by atoms with E-state index in [0.717, 1.165) is 5.69 Å². The van der Waals surface area contributed by atoms with Gasteiger partial charge in [0.2, 0.25) is 5.91 Å². The van der Waals surface area contributed by atoms with Crippen molar-refractivity contribution in [2.24, 2.45) is 0 Å². The summed E-state index contributed by atoms with van der Waals surface area (Å²) in [7, 11) is 3.13. The number of anilines is 3. The van der Waals surface area contributed by atoms with Gasteiger partial charge in [-0.05, 0) is 31.2 Å². The molecule has 1 heterocycles. The molecule has 1 aliphatic heterocycles. The van der Waals surface area contributed by atoms with Crippen molar-refractivity contribution >= 4 is 23.0 Å². The van der Waals surface area contributed by atoms with Gasteiger partial charge in [0.15, 0.2) is 11.5 Å². The van der Waals surface area contributed by atoms with Crippen molar-refractivity contribution in [2.45, 2.75) is 13.0 Å². The standard InChI is InChI=1S/C19H23N3O4/c1-12(22-8-9-26-17-10-13(20)4-6-15(17)22)19(23)21-14-5-7-16(24-2)18(11-14)25-3/h4-7,10-12H,8-9,20H2,1-3H3,(H,21,23). The number of hydrogen-bond donors (Lipinski definition) is 2. The molecule has 0 spiro atoms. The number of nitrogens with one attached hydrogen (secondary N) is 1. The molecule has 2 aromatic carbocycles. The number of nitrogens with zero attached hydrogens (tertiary/aromatic N) is 1. The zero-order valence-electron chi connectivity index (χ0n) is 15.1. The molecule has 2 aromatic rings. The fourth-order valence-corrected chi connectivity index (χ4v) is 2.96. The summed E-state index contributed by atoms with van der Waals surface area (Å²) in [6.07, 6.45) is 0. The maximum Gasteiger partial charge on any atom is 0.246 e. The van der Waals surface area contributed by atoms with Crippen LogP contribution in [0, 0.1) is 0 Å². The van der Waals surface area contributed by atoms with Crippen molar-refractivity contribution in [3.05, 3.63) is 36.4 Å². The molecule has 0 radical (unpaired) electrons. The maximum absolute atomic E-state index is 12.8. The number of carbonyl (C=O) groups is 1. The van der Waals surface area contributed by atoms with E-state index in [1.54, 1.807) is 44.6 Å². The first-order chi connectivity index (χ1) is 12.5. The van der Waals surface area contributed by atoms with E-state index in [4.69, 9.17) is 19.9 Å². The molecule has 138 valence electrons. The third-order valence-corrected chi connectivity index (χ3v) is 4.38. The van der Waals surface area contributed by atoms with Crippen molar-refractivity contribution in [2.75, 3.05) is 43.3 Å². The first-order valence-corrected chi connectivity index (χ1v) is 8.35. The van der Waals surface area contributed by atoms with Gasteiger partial charge in [-0.2, -0.15) is 0 Å². The molecule has 0 bridgehead atoms. The number of fused-ring (bicyclic) bond motifs is 1. The van der Waals surface area contributed by atoms with E-state index in [9.17, 15) is 4.79 Å². The molecule has 3 N–H and O–H groups in total. The van der Waals surface area contributed by atoms with Crippen LogP contribution in [0.5, 0.6) is 17.2 Å². The predicted molar refractivity (Wildman–Crippen MR) is 101 cm³/mol. The summed E-state index contributed by atoms with van der Waals surface area (Å²) in [6.45, 7) is 2.99. The van der Waals surface area contributed by atoms with Gasteiger partial charge in [-0.25, -0.2) is 0 Å². The molecule has 0 saturated carbocycles. The van der Waals surface area contributed by atoms with Gasteiger partial charge in [-0.15, -0.1) is 0 Å². The molecule has 1 unspecified atom stereocenters. The quantitative estimate of drug-likeness (QED) is 0.800. The number of hydrogen-bond acceptors (Lipinski definition) is 6. The van der Waals surface area contributed by atoms with Gasteiger partial charge in [0, 0.05) is 23.5 Å². The van der Waals surface area contributed by atoms with Crippen molar-refractivity contribution in [3.63, 3.8) is 0 Å². The van der Waals surface area contributed by atoms with E-state index in [2.05, 4.69) is 5.32 Å². The van der Waals surface area contributed by atoms with E-state index in [-0.39, 0.29) is 11.9 Å². The minimum absolute atomic E-state index is 0.123. The molecule has 1 atom stereocenters. The molecule has 0 saturated heterocycles. The van der Waals surface area contributed by atoms with Crippen LogP contribution in [0.1, 0.15) is 6.92 Å². The molecule has 1 aliphatic rings. The third-order valence-electron chi connectivity index (χ3n) is 4.38. The number of methoxy groups -OCH3 is 2. The van der Waals surface area contributed by atoms with Crippen molar-refractivity contribution in [1.82, 2.24) is 0 Å². The normalized spacial score (nSPS) is 14.0. The molecule has 0 aromatic heterocycles. The van der Waals surface area contributed by atoms with Crippen LogP contribution in [-0.2, 0) is 4.79 Å². The largest absolute Gasteiger partial charge is 0.493 e. The van der Waals surface area contributed by atoms with Crippen LogP contribution >= 0.6 is 0 Å². The number of ether oxygens (including phenoxy) is 3. The summed E-state index contributed by atoms with van der Waals surface area (Å²) in [5, 5.41) is 2.93. The Balaban J connectivity index is 1.77. The molecule has 26 heavy (non-hydrogen) atoms. The molecule has 1 amide bonds. The number of nitrogen functional groups attached to an aromatic ring is 1. The minimum Gasteiger partial charge on any atom is -0.493 e. The van der Waals surface area contributed by atoms with Gasteiger partial charge in [0.1, 0.15) is 18.4 Å². The predicted octanol–water partition coefficient (Wildman–Crippen LogP) is 2.51. The topological polar surface area (TPSA) is 86.0 Å². The van der Waals surface area contributed by atoms with Crippen LogP contribution in [-0.4, -0.2) is 39.3 Å². The Morgan fingerprint density at radius 1 is 1.19 bits per heavy atom. The lowest BCUT2D eigenvalue weighted by Gasteiger charge is -2.35. The molecule has 3 rings (SSSR count). The second-order valence-corrected chi connectivity index (χ2v) is 6.00. The molecular formula is C19H23N3O4. The second-order valence-electron chi connectivity index (χ2n) is 6.00. The highest BCUT2D eigenvalue weighted by Gasteiger charge is 2.27. The van der Waals surface area contributed by atoms with Crippen LogP contribution in [0.3, 0.4) is 0 Å². The van der Waals surface area contributed by atoms with Gasteiger partial charge >= 0.3 is 0 Å². The van der Waals surface area contributed by atoms with Gasteiger partial charge in [-0.1, -0.05) is 0 Å². The SMILES string of the molecule is COc1ccc(NC(=O)C(C)N2CCOc3cc(N)ccc32)cc1OC. The summed E-state index contributed by atoms with van der Waals surface area (Å²) >= 11 is 0. The molecule has 0 fully saturated rings. The van der Waals surface area contributed by atoms with Crippen LogP contribution in [0.25, 0.3) is 0 Å². The summed E-state index contributed by atoms with van der Waals surface area (Å²) < 4.78 is 16.2. The van der Waals surface area contributed by atoms with Crippen LogP contribution in [0.15, 0.2) is 36.4 Å².